The molecule has 0 amide bonds. The minimum absolute atomic E-state index is 0.198. The summed E-state index contributed by atoms with van der Waals surface area (Å²) in [6.07, 6.45) is 0.978. The number of rotatable bonds is 5. The van der Waals surface area contributed by atoms with Crippen molar-refractivity contribution < 1.29 is 0 Å². The number of hydrogen-bond donors (Lipinski definition) is 0. The normalized spacial score (nSPS) is 15.5. The fourth-order valence-electron chi connectivity index (χ4n) is 11.4. The van der Waals surface area contributed by atoms with E-state index in [0.717, 1.165) is 17.8 Å². The highest BCUT2D eigenvalue weighted by molar-refractivity contribution is 7.20. The Labute approximate surface area is 367 Å². The van der Waals surface area contributed by atoms with Crippen LogP contribution >= 0.6 is 11.3 Å². The van der Waals surface area contributed by atoms with Crippen molar-refractivity contribution in [2.45, 2.75) is 19.3 Å². The first kappa shape index (κ1) is 35.1. The molecule has 0 aliphatic carbocycles. The molecule has 0 saturated heterocycles. The minimum Gasteiger partial charge on any atom is -0.309 e. The van der Waals surface area contributed by atoms with Crippen molar-refractivity contribution in [3.63, 3.8) is 0 Å². The molecule has 4 heteroatoms. The Morgan fingerprint density at radius 1 is 0.492 bits per heavy atom. The molecule has 63 heavy (non-hydrogen) atoms. The third-order valence-electron chi connectivity index (χ3n) is 14.1. The number of aliphatic imine (C=N–C) groups is 1. The van der Waals surface area contributed by atoms with E-state index in [1.807, 2.05) is 11.3 Å². The summed E-state index contributed by atoms with van der Waals surface area (Å²) in [7, 11) is 0. The molecule has 3 nitrogen and oxygen atoms in total. The summed E-state index contributed by atoms with van der Waals surface area (Å²) in [5, 5.41) is 11.5. The van der Waals surface area contributed by atoms with E-state index in [2.05, 4.69) is 210 Å². The second-order valence-electron chi connectivity index (χ2n) is 17.3. The van der Waals surface area contributed by atoms with Crippen LogP contribution in [-0.4, -0.2) is 14.7 Å². The zero-order valence-electron chi connectivity index (χ0n) is 34.6. The van der Waals surface area contributed by atoms with Gasteiger partial charge in [0.15, 0.2) is 0 Å². The molecule has 1 aliphatic heterocycles. The Morgan fingerprint density at radius 3 is 1.94 bits per heavy atom. The quantitative estimate of drug-likeness (QED) is 0.165. The van der Waals surface area contributed by atoms with Crippen LogP contribution in [0.2, 0.25) is 0 Å². The van der Waals surface area contributed by atoms with E-state index in [1.165, 1.54) is 114 Å². The molecule has 4 aromatic heterocycles. The lowest BCUT2D eigenvalue weighted by Gasteiger charge is -2.32. The summed E-state index contributed by atoms with van der Waals surface area (Å²) in [6, 6.07) is 72.1. The third-order valence-corrected chi connectivity index (χ3v) is 15.3. The first-order chi connectivity index (χ1) is 31.2. The fraction of sp³-hybridized carbons (Fsp3) is 0.0678. The maximum Gasteiger partial charge on any atom is 0.0857 e. The molecule has 14 rings (SSSR count). The van der Waals surface area contributed by atoms with Gasteiger partial charge in [-0.05, 0) is 81.9 Å². The number of benzene rings is 9. The van der Waals surface area contributed by atoms with Gasteiger partial charge in [-0.2, -0.15) is 0 Å². The summed E-state index contributed by atoms with van der Waals surface area (Å²) >= 11 is 1.92. The van der Waals surface area contributed by atoms with E-state index >= 15 is 0 Å². The number of hydrogen-bond acceptors (Lipinski definition) is 2. The van der Waals surface area contributed by atoms with Gasteiger partial charge in [0.05, 0.1) is 39.0 Å². The third kappa shape index (κ3) is 4.87. The van der Waals surface area contributed by atoms with Gasteiger partial charge in [-0.3, -0.25) is 4.99 Å². The van der Waals surface area contributed by atoms with E-state index < -0.39 is 0 Å². The molecule has 5 heterocycles. The molecule has 1 aliphatic rings. The number of aromatic nitrogens is 2. The first-order valence-corrected chi connectivity index (χ1v) is 22.9. The maximum absolute atomic E-state index is 5.66. The summed E-state index contributed by atoms with van der Waals surface area (Å²) in [5.41, 5.74) is 14.7. The van der Waals surface area contributed by atoms with E-state index in [1.54, 1.807) is 0 Å². The molecule has 0 bridgehead atoms. The predicted molar refractivity (Wildman–Crippen MR) is 268 cm³/mol. The summed E-state index contributed by atoms with van der Waals surface area (Å²) in [6.45, 7) is 2.33. The number of nitrogens with zero attached hydrogens (tertiary/aromatic N) is 3. The molecule has 0 fully saturated rings. The summed E-state index contributed by atoms with van der Waals surface area (Å²) in [4.78, 5) is 7.03. The predicted octanol–water partition coefficient (Wildman–Crippen LogP) is 16.3. The molecule has 0 radical (unpaired) electrons. The van der Waals surface area contributed by atoms with Gasteiger partial charge in [-0.15, -0.1) is 11.3 Å². The van der Waals surface area contributed by atoms with Gasteiger partial charge in [0, 0.05) is 64.8 Å². The lowest BCUT2D eigenvalue weighted by molar-refractivity contribution is 0.585. The maximum atomic E-state index is 5.66. The fourth-order valence-corrected chi connectivity index (χ4v) is 12.7. The lowest BCUT2D eigenvalue weighted by Crippen LogP contribution is -2.26. The number of para-hydroxylation sites is 2. The van der Waals surface area contributed by atoms with Gasteiger partial charge in [0.1, 0.15) is 0 Å². The van der Waals surface area contributed by atoms with Crippen molar-refractivity contribution in [2.75, 3.05) is 0 Å². The highest BCUT2D eigenvalue weighted by Crippen LogP contribution is 2.53. The molecule has 296 valence electrons. The highest BCUT2D eigenvalue weighted by Gasteiger charge is 2.36. The van der Waals surface area contributed by atoms with Crippen molar-refractivity contribution in [3.05, 3.63) is 210 Å². The molecule has 2 atom stereocenters. The topological polar surface area (TPSA) is 21.7 Å². The van der Waals surface area contributed by atoms with E-state index in [4.69, 9.17) is 4.99 Å². The standard InChI is InChI=1S/C59H39N3S/c1-2-41-52(38-26-24-36(25-27-38)35-14-4-3-5-15-35)59-56(45-20-10-13-23-51(45)63-59)60-55(41)39-28-31-40(32-29-39)61-50-33-30-37-16-6-7-17-42(37)53(50)47-34-46-43-18-8-11-21-48(43)62-49-22-12-9-19-44(49)54(57(46)62)58(47)61/h3-34,41,52H,2H2,1H3. The van der Waals surface area contributed by atoms with Crippen molar-refractivity contribution in [3.8, 4) is 16.8 Å². The van der Waals surface area contributed by atoms with Gasteiger partial charge in [-0.25, -0.2) is 0 Å². The van der Waals surface area contributed by atoms with Gasteiger partial charge in [0.2, 0.25) is 0 Å². The van der Waals surface area contributed by atoms with Crippen LogP contribution < -0.4 is 0 Å². The zero-order valence-corrected chi connectivity index (χ0v) is 35.4. The number of fused-ring (bicyclic) bond motifs is 15. The monoisotopic (exact) mass is 821 g/mol. The molecule has 0 spiro atoms. The largest absolute Gasteiger partial charge is 0.309 e. The van der Waals surface area contributed by atoms with Gasteiger partial charge >= 0.3 is 0 Å². The molecular formula is C59H39N3S. The number of thiophene rings is 1. The molecule has 9 aromatic carbocycles. The molecule has 0 saturated carbocycles. The van der Waals surface area contributed by atoms with Crippen LogP contribution in [0.1, 0.15) is 35.3 Å². The van der Waals surface area contributed by atoms with Crippen molar-refractivity contribution in [1.29, 1.82) is 0 Å². The highest BCUT2D eigenvalue weighted by atomic mass is 32.1. The van der Waals surface area contributed by atoms with Crippen LogP contribution in [-0.2, 0) is 0 Å². The average molecular weight is 822 g/mol. The van der Waals surface area contributed by atoms with Crippen molar-refractivity contribution >= 4 is 103 Å². The first-order valence-electron chi connectivity index (χ1n) is 22.1. The van der Waals surface area contributed by atoms with Crippen LogP contribution in [0.15, 0.2) is 199 Å². The van der Waals surface area contributed by atoms with Gasteiger partial charge in [-0.1, -0.05) is 159 Å². The van der Waals surface area contributed by atoms with Crippen LogP contribution in [0.25, 0.3) is 97.6 Å². The van der Waals surface area contributed by atoms with Crippen LogP contribution in [0.5, 0.6) is 0 Å². The smallest absolute Gasteiger partial charge is 0.0857 e. The average Bonchev–Trinajstić information content (AvgIpc) is 4.09. The molecule has 2 unspecified atom stereocenters. The Kier molecular flexibility index (Phi) is 7.38. The second kappa shape index (κ2) is 13.2. The Hall–Kier alpha value is -7.53. The van der Waals surface area contributed by atoms with Crippen molar-refractivity contribution in [1.82, 2.24) is 8.97 Å². The minimum atomic E-state index is 0.198. The molecule has 0 N–H and O–H groups in total. The van der Waals surface area contributed by atoms with E-state index in [0.29, 0.717) is 0 Å². The SMILES string of the molecule is CCC1C(c2ccc(-n3c4ccc5ccccc5c4c4cc5c6ccccc6n6c7ccccc7c(c43)c56)cc2)=Nc2c(sc3ccccc23)C1c1ccc(-c2ccccc2)cc1. The van der Waals surface area contributed by atoms with Crippen molar-refractivity contribution in [2.24, 2.45) is 10.9 Å². The summed E-state index contributed by atoms with van der Waals surface area (Å²) in [5.74, 6) is 0.412. The van der Waals surface area contributed by atoms with Gasteiger partial charge < -0.3 is 8.97 Å². The van der Waals surface area contributed by atoms with Gasteiger partial charge in [0.25, 0.3) is 0 Å². The Bertz CT molecular complexity index is 4000. The van der Waals surface area contributed by atoms with E-state index in [9.17, 15) is 0 Å². The lowest BCUT2D eigenvalue weighted by atomic mass is 9.76. The molecule has 13 aromatic rings. The Balaban J connectivity index is 0.992. The molecular weight excluding hydrogens is 783 g/mol. The van der Waals surface area contributed by atoms with E-state index in [-0.39, 0.29) is 11.8 Å². The summed E-state index contributed by atoms with van der Waals surface area (Å²) < 4.78 is 6.34. The Morgan fingerprint density at radius 2 is 1.14 bits per heavy atom. The van der Waals surface area contributed by atoms with Crippen LogP contribution in [0.4, 0.5) is 5.69 Å². The second-order valence-corrected chi connectivity index (χ2v) is 18.3. The van der Waals surface area contributed by atoms with Crippen LogP contribution in [0, 0.1) is 5.92 Å². The zero-order chi connectivity index (χ0) is 41.3. The van der Waals surface area contributed by atoms with Crippen LogP contribution in [0.3, 0.4) is 0 Å².